The zero-order valence-corrected chi connectivity index (χ0v) is 13.8. The molecule has 4 rings (SSSR count). The van der Waals surface area contributed by atoms with E-state index in [1.165, 1.54) is 5.56 Å². The molecular formula is C21H19N3O. The van der Waals surface area contributed by atoms with E-state index in [-0.39, 0.29) is 5.91 Å². The number of H-pyrrole nitrogens is 1. The van der Waals surface area contributed by atoms with Crippen molar-refractivity contribution in [3.8, 4) is 11.3 Å². The van der Waals surface area contributed by atoms with Gasteiger partial charge in [0.1, 0.15) is 0 Å². The third-order valence-electron chi connectivity index (χ3n) is 4.38. The molecule has 0 radical (unpaired) electrons. The fourth-order valence-corrected chi connectivity index (χ4v) is 3.09. The number of nitrogens with one attached hydrogen (secondary N) is 2. The third-order valence-corrected chi connectivity index (χ3v) is 4.38. The highest BCUT2D eigenvalue weighted by Gasteiger charge is 2.19. The highest BCUT2D eigenvalue weighted by molar-refractivity contribution is 5.97. The van der Waals surface area contributed by atoms with Crippen LogP contribution in [0.1, 0.15) is 27.3 Å². The Morgan fingerprint density at radius 2 is 2.00 bits per heavy atom. The van der Waals surface area contributed by atoms with Crippen LogP contribution in [0.5, 0.6) is 0 Å². The monoisotopic (exact) mass is 329 g/mol. The molecule has 3 heterocycles. The van der Waals surface area contributed by atoms with E-state index >= 15 is 0 Å². The average molecular weight is 329 g/mol. The summed E-state index contributed by atoms with van der Waals surface area (Å²) < 4.78 is 0. The molecule has 0 saturated carbocycles. The molecule has 3 aromatic rings. The van der Waals surface area contributed by atoms with Crippen molar-refractivity contribution in [3.05, 3.63) is 83.3 Å². The second-order valence-corrected chi connectivity index (χ2v) is 6.14. The van der Waals surface area contributed by atoms with Crippen molar-refractivity contribution in [1.82, 2.24) is 15.3 Å². The number of carbonyl (C=O) groups is 1. The maximum Gasteiger partial charge on any atom is 0.253 e. The van der Waals surface area contributed by atoms with Gasteiger partial charge in [-0.25, -0.2) is 0 Å². The molecule has 124 valence electrons. The minimum atomic E-state index is 0.000728. The summed E-state index contributed by atoms with van der Waals surface area (Å²) in [6.07, 6.45) is 7.68. The molecule has 2 aromatic heterocycles. The number of aromatic amines is 1. The first kappa shape index (κ1) is 15.4. The largest absolute Gasteiger partial charge is 0.358 e. The summed E-state index contributed by atoms with van der Waals surface area (Å²) in [4.78, 5) is 19.7. The van der Waals surface area contributed by atoms with E-state index in [4.69, 9.17) is 0 Å². The second-order valence-electron chi connectivity index (χ2n) is 6.14. The molecule has 25 heavy (non-hydrogen) atoms. The lowest BCUT2D eigenvalue weighted by Crippen LogP contribution is -2.31. The maximum absolute atomic E-state index is 11.9. The van der Waals surface area contributed by atoms with Crippen molar-refractivity contribution in [1.29, 1.82) is 0 Å². The van der Waals surface area contributed by atoms with Gasteiger partial charge in [0.25, 0.3) is 5.91 Å². The molecule has 4 nitrogen and oxygen atoms in total. The fraction of sp³-hybridized carbons (Fsp3) is 0.143. The smallest absolute Gasteiger partial charge is 0.253 e. The molecule has 0 aliphatic carbocycles. The molecule has 0 saturated heterocycles. The van der Waals surface area contributed by atoms with Crippen LogP contribution in [0.2, 0.25) is 0 Å². The second kappa shape index (κ2) is 6.77. The molecule has 0 fully saturated rings. The van der Waals surface area contributed by atoms with Crippen LogP contribution in [-0.2, 0) is 12.8 Å². The van der Waals surface area contributed by atoms with Gasteiger partial charge >= 0.3 is 0 Å². The normalized spacial score (nSPS) is 13.7. The molecular weight excluding hydrogens is 310 g/mol. The topological polar surface area (TPSA) is 57.8 Å². The summed E-state index contributed by atoms with van der Waals surface area (Å²) in [7, 11) is 0. The number of hydrogen-bond donors (Lipinski definition) is 2. The van der Waals surface area contributed by atoms with Crippen molar-refractivity contribution in [2.24, 2.45) is 0 Å². The fourth-order valence-electron chi connectivity index (χ4n) is 3.09. The predicted octanol–water partition coefficient (Wildman–Crippen LogP) is 3.62. The van der Waals surface area contributed by atoms with Gasteiger partial charge in [-0.05, 0) is 36.3 Å². The average Bonchev–Trinajstić information content (AvgIpc) is 3.09. The Morgan fingerprint density at radius 3 is 2.84 bits per heavy atom. The minimum absolute atomic E-state index is 0.000728. The van der Waals surface area contributed by atoms with Gasteiger partial charge in [0.05, 0.1) is 11.3 Å². The number of rotatable bonds is 4. The zero-order valence-electron chi connectivity index (χ0n) is 13.8. The Balaban J connectivity index is 1.54. The first-order valence-electron chi connectivity index (χ1n) is 8.46. The molecule has 1 aromatic carbocycles. The number of benzene rings is 1. The lowest BCUT2D eigenvalue weighted by molar-refractivity contribution is 0.0946. The SMILES string of the molecule is O=C1NCCc2[nH]c(-c3ccnc(/C=C\Cc4ccccc4)c3)cc21. The van der Waals surface area contributed by atoms with Crippen LogP contribution in [0.15, 0.2) is 60.8 Å². The van der Waals surface area contributed by atoms with Crippen LogP contribution in [-0.4, -0.2) is 22.4 Å². The van der Waals surface area contributed by atoms with Gasteiger partial charge in [0.15, 0.2) is 0 Å². The van der Waals surface area contributed by atoms with Gasteiger partial charge in [0.2, 0.25) is 0 Å². The van der Waals surface area contributed by atoms with Crippen molar-refractivity contribution < 1.29 is 4.79 Å². The molecule has 1 aliphatic rings. The van der Waals surface area contributed by atoms with Crippen molar-refractivity contribution >= 4 is 12.0 Å². The summed E-state index contributed by atoms with van der Waals surface area (Å²) in [6.45, 7) is 0.690. The van der Waals surface area contributed by atoms with Crippen LogP contribution in [0.3, 0.4) is 0 Å². The Hall–Kier alpha value is -3.14. The van der Waals surface area contributed by atoms with E-state index in [1.54, 1.807) is 6.20 Å². The van der Waals surface area contributed by atoms with E-state index in [0.717, 1.165) is 41.1 Å². The summed E-state index contributed by atoms with van der Waals surface area (Å²) >= 11 is 0. The summed E-state index contributed by atoms with van der Waals surface area (Å²) in [6, 6.07) is 16.3. The number of allylic oxidation sites excluding steroid dienone is 1. The predicted molar refractivity (Wildman–Crippen MR) is 99.2 cm³/mol. The Labute approximate surface area is 146 Å². The van der Waals surface area contributed by atoms with E-state index in [1.807, 2.05) is 42.5 Å². The van der Waals surface area contributed by atoms with E-state index in [2.05, 4.69) is 33.5 Å². The molecule has 0 unspecified atom stereocenters. The number of fused-ring (bicyclic) bond motifs is 1. The Bertz CT molecular complexity index is 925. The molecule has 1 aliphatic heterocycles. The van der Waals surface area contributed by atoms with E-state index in [9.17, 15) is 4.79 Å². The van der Waals surface area contributed by atoms with Crippen LogP contribution in [0.25, 0.3) is 17.3 Å². The lowest BCUT2D eigenvalue weighted by atomic mass is 10.1. The summed E-state index contributed by atoms with van der Waals surface area (Å²) in [5.74, 6) is 0.000728. The standard InChI is InChI=1S/C21H19N3O/c25-21-18-14-20(24-19(18)10-12-23-21)16-9-11-22-17(13-16)8-4-7-15-5-2-1-3-6-15/h1-6,8-9,11,13-14,24H,7,10,12H2,(H,23,25)/b8-4-. The quantitative estimate of drug-likeness (QED) is 0.768. The van der Waals surface area contributed by atoms with Gasteiger partial charge in [-0.15, -0.1) is 0 Å². The van der Waals surface area contributed by atoms with Gasteiger partial charge in [-0.1, -0.05) is 36.4 Å². The maximum atomic E-state index is 11.9. The summed E-state index contributed by atoms with van der Waals surface area (Å²) in [5, 5.41) is 2.88. The van der Waals surface area contributed by atoms with Gasteiger partial charge in [-0.2, -0.15) is 0 Å². The third kappa shape index (κ3) is 3.38. The number of nitrogens with zero attached hydrogens (tertiary/aromatic N) is 1. The van der Waals surface area contributed by atoms with Crippen molar-refractivity contribution in [2.75, 3.05) is 6.54 Å². The number of amides is 1. The van der Waals surface area contributed by atoms with Crippen LogP contribution in [0.4, 0.5) is 0 Å². The molecule has 0 bridgehead atoms. The Morgan fingerprint density at radius 1 is 1.12 bits per heavy atom. The number of aromatic nitrogens is 2. The molecule has 0 spiro atoms. The van der Waals surface area contributed by atoms with Gasteiger partial charge in [-0.3, -0.25) is 9.78 Å². The Kier molecular flexibility index (Phi) is 4.17. The van der Waals surface area contributed by atoms with E-state index in [0.29, 0.717) is 6.54 Å². The number of hydrogen-bond acceptors (Lipinski definition) is 2. The molecule has 4 heteroatoms. The number of carbonyl (C=O) groups excluding carboxylic acids is 1. The molecule has 2 N–H and O–H groups in total. The first-order chi connectivity index (χ1) is 12.3. The van der Waals surface area contributed by atoms with Crippen LogP contribution < -0.4 is 5.32 Å². The zero-order chi connectivity index (χ0) is 17.1. The summed E-state index contributed by atoms with van der Waals surface area (Å²) in [5.41, 5.74) is 5.94. The molecule has 1 amide bonds. The van der Waals surface area contributed by atoms with Crippen LogP contribution >= 0.6 is 0 Å². The van der Waals surface area contributed by atoms with Gasteiger partial charge < -0.3 is 10.3 Å². The number of pyridine rings is 1. The minimum Gasteiger partial charge on any atom is -0.358 e. The lowest BCUT2D eigenvalue weighted by Gasteiger charge is -2.10. The first-order valence-corrected chi connectivity index (χ1v) is 8.46. The van der Waals surface area contributed by atoms with Crippen molar-refractivity contribution in [2.45, 2.75) is 12.8 Å². The van der Waals surface area contributed by atoms with E-state index < -0.39 is 0 Å². The van der Waals surface area contributed by atoms with Crippen LogP contribution in [0, 0.1) is 0 Å². The van der Waals surface area contributed by atoms with Crippen molar-refractivity contribution in [3.63, 3.8) is 0 Å². The highest BCUT2D eigenvalue weighted by atomic mass is 16.1. The van der Waals surface area contributed by atoms with Gasteiger partial charge in [0, 0.05) is 36.1 Å². The highest BCUT2D eigenvalue weighted by Crippen LogP contribution is 2.24. The molecule has 0 atom stereocenters.